The van der Waals surface area contributed by atoms with Crippen LogP contribution in [0.5, 0.6) is 11.5 Å². The van der Waals surface area contributed by atoms with Gasteiger partial charge in [0.1, 0.15) is 0 Å². The molecule has 1 aliphatic rings. The van der Waals surface area contributed by atoms with Crippen LogP contribution in [0.25, 0.3) is 10.8 Å². The summed E-state index contributed by atoms with van der Waals surface area (Å²) in [4.78, 5) is 12.7. The van der Waals surface area contributed by atoms with Crippen molar-refractivity contribution in [3.05, 3.63) is 66.2 Å². The van der Waals surface area contributed by atoms with Crippen LogP contribution >= 0.6 is 0 Å². The monoisotopic (exact) mass is 453 g/mol. The van der Waals surface area contributed by atoms with Crippen molar-refractivity contribution in [1.82, 2.24) is 9.73 Å². The van der Waals surface area contributed by atoms with Crippen molar-refractivity contribution in [1.29, 1.82) is 0 Å². The van der Waals surface area contributed by atoms with Crippen LogP contribution in [0.15, 0.2) is 70.7 Å². The number of nitrogens with zero attached hydrogens (tertiary/aromatic N) is 2. The first-order chi connectivity index (χ1) is 15.3. The SMILES string of the molecule is O=C(N/N=C/c1ccc(O)c(O)c1)C1CCN(S(=O)(=O)c2ccc3ccccc3c2)CC1. The Morgan fingerprint density at radius 3 is 2.41 bits per heavy atom. The lowest BCUT2D eigenvalue weighted by atomic mass is 9.98. The molecule has 0 saturated carbocycles. The van der Waals surface area contributed by atoms with Crippen molar-refractivity contribution < 1.29 is 23.4 Å². The van der Waals surface area contributed by atoms with Gasteiger partial charge in [0.15, 0.2) is 11.5 Å². The summed E-state index contributed by atoms with van der Waals surface area (Å²) < 4.78 is 27.5. The smallest absolute Gasteiger partial charge is 0.243 e. The Morgan fingerprint density at radius 1 is 0.969 bits per heavy atom. The predicted molar refractivity (Wildman–Crippen MR) is 121 cm³/mol. The number of nitrogens with one attached hydrogen (secondary N) is 1. The van der Waals surface area contributed by atoms with E-state index in [9.17, 15) is 23.4 Å². The quantitative estimate of drug-likeness (QED) is 0.312. The van der Waals surface area contributed by atoms with E-state index in [2.05, 4.69) is 10.5 Å². The van der Waals surface area contributed by atoms with E-state index in [0.717, 1.165) is 10.8 Å². The minimum Gasteiger partial charge on any atom is -0.504 e. The number of phenolic OH excluding ortho intramolecular Hbond substituents is 2. The largest absolute Gasteiger partial charge is 0.504 e. The van der Waals surface area contributed by atoms with Gasteiger partial charge in [-0.15, -0.1) is 0 Å². The van der Waals surface area contributed by atoms with Crippen molar-refractivity contribution in [3.63, 3.8) is 0 Å². The van der Waals surface area contributed by atoms with E-state index in [0.29, 0.717) is 18.4 Å². The molecule has 32 heavy (non-hydrogen) atoms. The topological polar surface area (TPSA) is 119 Å². The molecule has 3 N–H and O–H groups in total. The zero-order chi connectivity index (χ0) is 22.7. The average Bonchev–Trinajstić information content (AvgIpc) is 2.81. The number of sulfonamides is 1. The van der Waals surface area contributed by atoms with Gasteiger partial charge >= 0.3 is 0 Å². The molecule has 0 aliphatic carbocycles. The van der Waals surface area contributed by atoms with E-state index in [1.54, 1.807) is 24.3 Å². The summed E-state index contributed by atoms with van der Waals surface area (Å²) >= 11 is 0. The lowest BCUT2D eigenvalue weighted by molar-refractivity contribution is -0.126. The maximum atomic E-state index is 13.1. The van der Waals surface area contributed by atoms with E-state index in [-0.39, 0.29) is 41.3 Å². The van der Waals surface area contributed by atoms with Gasteiger partial charge in [0, 0.05) is 19.0 Å². The second kappa shape index (κ2) is 8.97. The molecule has 166 valence electrons. The van der Waals surface area contributed by atoms with Gasteiger partial charge in [-0.05, 0) is 59.5 Å². The highest BCUT2D eigenvalue weighted by molar-refractivity contribution is 7.89. The number of piperidine rings is 1. The van der Waals surface area contributed by atoms with E-state index in [4.69, 9.17) is 0 Å². The molecule has 0 atom stereocenters. The summed E-state index contributed by atoms with van der Waals surface area (Å²) in [5.74, 6) is -1.15. The summed E-state index contributed by atoms with van der Waals surface area (Å²) in [6.07, 6.45) is 2.15. The van der Waals surface area contributed by atoms with Crippen molar-refractivity contribution in [2.45, 2.75) is 17.7 Å². The van der Waals surface area contributed by atoms with Crippen molar-refractivity contribution >= 4 is 32.9 Å². The normalized spacial score (nSPS) is 15.9. The van der Waals surface area contributed by atoms with Crippen LogP contribution in [0.4, 0.5) is 0 Å². The third-order valence-corrected chi connectivity index (χ3v) is 7.47. The first-order valence-corrected chi connectivity index (χ1v) is 11.6. The maximum absolute atomic E-state index is 13.1. The Balaban J connectivity index is 1.35. The van der Waals surface area contributed by atoms with Gasteiger partial charge in [0.25, 0.3) is 0 Å². The van der Waals surface area contributed by atoms with Gasteiger partial charge in [0.2, 0.25) is 15.9 Å². The number of phenols is 2. The Labute approximate surface area is 185 Å². The number of hydrogen-bond acceptors (Lipinski definition) is 6. The fourth-order valence-corrected chi connectivity index (χ4v) is 5.22. The average molecular weight is 454 g/mol. The number of carbonyl (C=O) groups is 1. The highest BCUT2D eigenvalue weighted by Crippen LogP contribution is 2.27. The maximum Gasteiger partial charge on any atom is 0.243 e. The van der Waals surface area contributed by atoms with Gasteiger partial charge in [0.05, 0.1) is 11.1 Å². The molecule has 3 aromatic carbocycles. The van der Waals surface area contributed by atoms with Crippen molar-refractivity contribution in [2.75, 3.05) is 13.1 Å². The lowest BCUT2D eigenvalue weighted by Gasteiger charge is -2.30. The Morgan fingerprint density at radius 2 is 1.69 bits per heavy atom. The molecule has 9 heteroatoms. The van der Waals surface area contributed by atoms with Crippen LogP contribution in [0, 0.1) is 5.92 Å². The highest BCUT2D eigenvalue weighted by Gasteiger charge is 2.32. The number of benzene rings is 3. The minimum absolute atomic E-state index is 0.239. The molecule has 0 radical (unpaired) electrons. The van der Waals surface area contributed by atoms with E-state index in [1.165, 1.54) is 22.7 Å². The third kappa shape index (κ3) is 4.58. The summed E-state index contributed by atoms with van der Waals surface area (Å²) in [6.45, 7) is 0.506. The molecule has 1 amide bonds. The summed E-state index contributed by atoms with van der Waals surface area (Å²) in [7, 11) is -3.64. The van der Waals surface area contributed by atoms with Gasteiger partial charge in [-0.2, -0.15) is 9.41 Å². The Hall–Kier alpha value is -3.43. The van der Waals surface area contributed by atoms with Crippen molar-refractivity contribution in [3.8, 4) is 11.5 Å². The highest BCUT2D eigenvalue weighted by atomic mass is 32.2. The molecule has 0 unspecified atom stereocenters. The van der Waals surface area contributed by atoms with Gasteiger partial charge in [-0.3, -0.25) is 4.79 Å². The molecule has 8 nitrogen and oxygen atoms in total. The van der Waals surface area contributed by atoms with Crippen LogP contribution in [0.1, 0.15) is 18.4 Å². The standard InChI is InChI=1S/C23H23N3O5S/c27-21-8-5-16(13-22(21)28)15-24-25-23(29)18-9-11-26(12-10-18)32(30,31)20-7-6-17-3-1-2-4-19(17)14-20/h1-8,13-15,18,27-28H,9-12H2,(H,25,29)/b24-15+. The number of amides is 1. The number of rotatable bonds is 5. The second-order valence-corrected chi connectivity index (χ2v) is 9.61. The first kappa shape index (κ1) is 21.8. The fourth-order valence-electron chi connectivity index (χ4n) is 3.72. The molecule has 1 fully saturated rings. The molecule has 0 aromatic heterocycles. The van der Waals surface area contributed by atoms with Crippen LogP contribution in [0.3, 0.4) is 0 Å². The number of aromatic hydroxyl groups is 2. The van der Waals surface area contributed by atoms with Crippen molar-refractivity contribution in [2.24, 2.45) is 11.0 Å². The molecular formula is C23H23N3O5S. The van der Waals surface area contributed by atoms with E-state index in [1.807, 2.05) is 24.3 Å². The lowest BCUT2D eigenvalue weighted by Crippen LogP contribution is -2.42. The fraction of sp³-hybridized carbons (Fsp3) is 0.217. The van der Waals surface area contributed by atoms with Crippen LogP contribution in [-0.4, -0.2) is 48.1 Å². The van der Waals surface area contributed by atoms with Gasteiger partial charge < -0.3 is 10.2 Å². The molecule has 1 heterocycles. The zero-order valence-corrected chi connectivity index (χ0v) is 18.0. The van der Waals surface area contributed by atoms with E-state index < -0.39 is 10.0 Å². The van der Waals surface area contributed by atoms with Crippen LogP contribution in [0.2, 0.25) is 0 Å². The Bertz CT molecular complexity index is 1280. The molecule has 4 rings (SSSR count). The summed E-state index contributed by atoms with van der Waals surface area (Å²) in [5, 5.41) is 24.5. The zero-order valence-electron chi connectivity index (χ0n) is 17.2. The number of fused-ring (bicyclic) bond motifs is 1. The molecule has 0 bridgehead atoms. The third-order valence-electron chi connectivity index (χ3n) is 5.57. The molecule has 1 saturated heterocycles. The second-order valence-electron chi connectivity index (χ2n) is 7.67. The van der Waals surface area contributed by atoms with Gasteiger partial charge in [-0.25, -0.2) is 13.8 Å². The summed E-state index contributed by atoms with van der Waals surface area (Å²) in [6, 6.07) is 16.9. The Kier molecular flexibility index (Phi) is 6.11. The van der Waals surface area contributed by atoms with Gasteiger partial charge in [-0.1, -0.05) is 30.3 Å². The molecular weight excluding hydrogens is 430 g/mol. The molecule has 1 aliphatic heterocycles. The number of hydrazone groups is 1. The predicted octanol–water partition coefficient (Wildman–Crippen LogP) is 2.80. The van der Waals surface area contributed by atoms with Crippen LogP contribution in [-0.2, 0) is 14.8 Å². The molecule has 0 spiro atoms. The minimum atomic E-state index is -3.64. The van der Waals surface area contributed by atoms with Crippen LogP contribution < -0.4 is 5.43 Å². The summed E-state index contributed by atoms with van der Waals surface area (Å²) in [5.41, 5.74) is 2.97. The van der Waals surface area contributed by atoms with E-state index >= 15 is 0 Å². The number of carbonyl (C=O) groups excluding carboxylic acids is 1. The molecule has 3 aromatic rings. The number of hydrogen-bond donors (Lipinski definition) is 3. The first-order valence-electron chi connectivity index (χ1n) is 10.2.